The lowest BCUT2D eigenvalue weighted by Crippen LogP contribution is -1.97. The maximum absolute atomic E-state index is 12.4. The van der Waals surface area contributed by atoms with E-state index in [1.165, 1.54) is 6.92 Å². The average Bonchev–Trinajstić information content (AvgIpc) is 2.07. The maximum atomic E-state index is 12.4. The minimum Gasteiger partial charge on any atom is -0.300 e. The molecule has 1 rings (SSSR count). The van der Waals surface area contributed by atoms with Gasteiger partial charge < -0.3 is 0 Å². The summed E-state index contributed by atoms with van der Waals surface area (Å²) in [6.07, 6.45) is 0.375. The monoisotopic (exact) mass is 244 g/mol. The van der Waals surface area contributed by atoms with Gasteiger partial charge in [0.15, 0.2) is 0 Å². The lowest BCUT2D eigenvalue weighted by atomic mass is 10.1. The average molecular weight is 245 g/mol. The van der Waals surface area contributed by atoms with E-state index in [-0.39, 0.29) is 5.78 Å². The molecule has 3 heteroatoms. The van der Waals surface area contributed by atoms with Gasteiger partial charge in [-0.25, -0.2) is 4.39 Å². The number of hydrogen-bond acceptors (Lipinski definition) is 1. The second kappa shape index (κ2) is 4.51. The molecular formula is C10H10BrFO. The largest absolute Gasteiger partial charge is 0.300 e. The molecule has 0 aliphatic heterocycles. The van der Waals surface area contributed by atoms with Gasteiger partial charge in [0.05, 0.1) is 0 Å². The Labute approximate surface area is 85.1 Å². The molecule has 0 unspecified atom stereocenters. The van der Waals surface area contributed by atoms with Crippen molar-refractivity contribution < 1.29 is 9.18 Å². The van der Waals surface area contributed by atoms with Gasteiger partial charge in [0.2, 0.25) is 0 Å². The van der Waals surface area contributed by atoms with E-state index in [1.54, 1.807) is 12.1 Å². The zero-order chi connectivity index (χ0) is 9.84. The van der Waals surface area contributed by atoms with E-state index in [0.717, 1.165) is 10.0 Å². The number of rotatable bonds is 3. The standard InChI is InChI=1S/C10H10BrFO/c1-7(13)4-8-2-3-10(11)9(5-8)6-12/h2-3,5H,4,6H2,1H3. The van der Waals surface area contributed by atoms with Crippen molar-refractivity contribution in [2.75, 3.05) is 0 Å². The molecule has 0 N–H and O–H groups in total. The van der Waals surface area contributed by atoms with Crippen molar-refractivity contribution in [2.45, 2.75) is 20.0 Å². The topological polar surface area (TPSA) is 17.1 Å². The highest BCUT2D eigenvalue weighted by Gasteiger charge is 2.02. The summed E-state index contributed by atoms with van der Waals surface area (Å²) in [4.78, 5) is 10.8. The number of alkyl halides is 1. The number of benzene rings is 1. The van der Waals surface area contributed by atoms with Crippen LogP contribution >= 0.6 is 15.9 Å². The molecule has 1 aromatic rings. The van der Waals surface area contributed by atoms with Crippen molar-refractivity contribution in [2.24, 2.45) is 0 Å². The molecule has 0 fully saturated rings. The van der Waals surface area contributed by atoms with Crippen molar-refractivity contribution in [1.29, 1.82) is 0 Å². The van der Waals surface area contributed by atoms with Crippen LogP contribution in [0, 0.1) is 0 Å². The van der Waals surface area contributed by atoms with Gasteiger partial charge >= 0.3 is 0 Å². The summed E-state index contributed by atoms with van der Waals surface area (Å²) >= 11 is 3.23. The highest BCUT2D eigenvalue weighted by molar-refractivity contribution is 9.10. The van der Waals surface area contributed by atoms with Crippen molar-refractivity contribution in [1.82, 2.24) is 0 Å². The Hall–Kier alpha value is -0.700. The maximum Gasteiger partial charge on any atom is 0.134 e. The molecule has 70 valence electrons. The zero-order valence-electron chi connectivity index (χ0n) is 7.31. The second-order valence-corrected chi connectivity index (χ2v) is 3.79. The van der Waals surface area contributed by atoms with E-state index < -0.39 is 6.67 Å². The highest BCUT2D eigenvalue weighted by atomic mass is 79.9. The fourth-order valence-corrected chi connectivity index (χ4v) is 1.48. The number of hydrogen-bond donors (Lipinski definition) is 0. The number of carbonyl (C=O) groups excluding carboxylic acids is 1. The van der Waals surface area contributed by atoms with Crippen LogP contribution in [0.5, 0.6) is 0 Å². The Morgan fingerprint density at radius 3 is 2.77 bits per heavy atom. The lowest BCUT2D eigenvalue weighted by Gasteiger charge is -2.02. The Bertz CT molecular complexity index is 323. The number of carbonyl (C=O) groups is 1. The Morgan fingerprint density at radius 2 is 2.23 bits per heavy atom. The van der Waals surface area contributed by atoms with Crippen LogP contribution in [-0.4, -0.2) is 5.78 Å². The van der Waals surface area contributed by atoms with Crippen molar-refractivity contribution in [3.63, 3.8) is 0 Å². The second-order valence-electron chi connectivity index (χ2n) is 2.94. The van der Waals surface area contributed by atoms with E-state index in [1.807, 2.05) is 6.07 Å². The van der Waals surface area contributed by atoms with Crippen LogP contribution < -0.4 is 0 Å². The number of halogens is 2. The summed E-state index contributed by atoms with van der Waals surface area (Å²) in [6, 6.07) is 5.31. The molecule has 0 saturated heterocycles. The summed E-state index contributed by atoms with van der Waals surface area (Å²) in [5.74, 6) is 0.0899. The third kappa shape index (κ3) is 2.92. The van der Waals surface area contributed by atoms with Crippen LogP contribution in [0.2, 0.25) is 0 Å². The normalized spacial score (nSPS) is 10.1. The van der Waals surface area contributed by atoms with Crippen molar-refractivity contribution >= 4 is 21.7 Å². The van der Waals surface area contributed by atoms with Crippen LogP contribution in [0.1, 0.15) is 18.1 Å². The van der Waals surface area contributed by atoms with Crippen LogP contribution in [0.4, 0.5) is 4.39 Å². The summed E-state index contributed by atoms with van der Waals surface area (Å²) in [5, 5.41) is 0. The van der Waals surface area contributed by atoms with Gasteiger partial charge in [0.25, 0.3) is 0 Å². The summed E-state index contributed by atoms with van der Waals surface area (Å²) in [7, 11) is 0. The van der Waals surface area contributed by atoms with Gasteiger partial charge in [0, 0.05) is 10.9 Å². The Kier molecular flexibility index (Phi) is 3.60. The Morgan fingerprint density at radius 1 is 1.54 bits per heavy atom. The molecule has 0 amide bonds. The summed E-state index contributed by atoms with van der Waals surface area (Å²) in [5.41, 5.74) is 1.46. The van der Waals surface area contributed by atoms with Gasteiger partial charge in [-0.2, -0.15) is 0 Å². The first-order valence-electron chi connectivity index (χ1n) is 3.96. The fourth-order valence-electron chi connectivity index (χ4n) is 1.13. The van der Waals surface area contributed by atoms with E-state index >= 15 is 0 Å². The predicted octanol–water partition coefficient (Wildman–Crippen LogP) is 3.05. The molecule has 0 aromatic heterocycles. The molecule has 0 atom stereocenters. The molecule has 13 heavy (non-hydrogen) atoms. The van der Waals surface area contributed by atoms with Crippen LogP contribution in [0.3, 0.4) is 0 Å². The molecule has 1 nitrogen and oxygen atoms in total. The third-order valence-electron chi connectivity index (χ3n) is 1.71. The quantitative estimate of drug-likeness (QED) is 0.799. The van der Waals surface area contributed by atoms with Gasteiger partial charge in [-0.1, -0.05) is 28.1 Å². The minimum atomic E-state index is -0.508. The zero-order valence-corrected chi connectivity index (χ0v) is 8.90. The summed E-state index contributed by atoms with van der Waals surface area (Å²) < 4.78 is 13.1. The Balaban J connectivity index is 2.92. The first-order valence-corrected chi connectivity index (χ1v) is 4.75. The van der Waals surface area contributed by atoms with Gasteiger partial charge in [-0.05, 0) is 24.1 Å². The molecular weight excluding hydrogens is 235 g/mol. The first kappa shape index (κ1) is 10.4. The highest BCUT2D eigenvalue weighted by Crippen LogP contribution is 2.19. The van der Waals surface area contributed by atoms with Gasteiger partial charge in [0.1, 0.15) is 12.5 Å². The van der Waals surface area contributed by atoms with E-state index in [4.69, 9.17) is 0 Å². The van der Waals surface area contributed by atoms with E-state index in [0.29, 0.717) is 12.0 Å². The number of Topliss-reactive ketones (excluding diaryl/α,β-unsaturated/α-hetero) is 1. The van der Waals surface area contributed by atoms with Crippen LogP contribution in [-0.2, 0) is 17.9 Å². The smallest absolute Gasteiger partial charge is 0.134 e. The molecule has 0 spiro atoms. The molecule has 1 aromatic carbocycles. The molecule has 0 saturated carbocycles. The molecule has 0 aliphatic carbocycles. The predicted molar refractivity (Wildman–Crippen MR) is 53.3 cm³/mol. The molecule has 0 radical (unpaired) electrons. The van der Waals surface area contributed by atoms with Crippen LogP contribution in [0.15, 0.2) is 22.7 Å². The third-order valence-corrected chi connectivity index (χ3v) is 2.48. The van der Waals surface area contributed by atoms with E-state index in [9.17, 15) is 9.18 Å². The fraction of sp³-hybridized carbons (Fsp3) is 0.300. The molecule has 0 bridgehead atoms. The molecule has 0 aliphatic rings. The van der Waals surface area contributed by atoms with Gasteiger partial charge in [-0.3, -0.25) is 4.79 Å². The summed E-state index contributed by atoms with van der Waals surface area (Å²) in [6.45, 7) is 1.02. The van der Waals surface area contributed by atoms with Crippen molar-refractivity contribution in [3.8, 4) is 0 Å². The SMILES string of the molecule is CC(=O)Cc1ccc(Br)c(CF)c1. The number of ketones is 1. The first-order chi connectivity index (χ1) is 6.13. The van der Waals surface area contributed by atoms with E-state index in [2.05, 4.69) is 15.9 Å². The van der Waals surface area contributed by atoms with Crippen molar-refractivity contribution in [3.05, 3.63) is 33.8 Å². The van der Waals surface area contributed by atoms with Crippen LogP contribution in [0.25, 0.3) is 0 Å². The molecule has 0 heterocycles. The lowest BCUT2D eigenvalue weighted by molar-refractivity contribution is -0.116. The minimum absolute atomic E-state index is 0.0899. The van der Waals surface area contributed by atoms with Gasteiger partial charge in [-0.15, -0.1) is 0 Å².